The van der Waals surface area contributed by atoms with E-state index >= 15 is 0 Å². The maximum absolute atomic E-state index is 8.83. The van der Waals surface area contributed by atoms with E-state index in [1.54, 1.807) is 12.1 Å². The fraction of sp³-hybridized carbons (Fsp3) is 0.167. The highest BCUT2D eigenvalue weighted by molar-refractivity contribution is 14.1. The van der Waals surface area contributed by atoms with Gasteiger partial charge in [0.15, 0.2) is 0 Å². The fourth-order valence-electron chi connectivity index (χ4n) is 5.39. The molecule has 3 atom stereocenters. The van der Waals surface area contributed by atoms with Crippen molar-refractivity contribution in [2.45, 2.75) is 36.3 Å². The number of phenols is 2. The van der Waals surface area contributed by atoms with E-state index in [9.17, 15) is 0 Å². The van der Waals surface area contributed by atoms with Gasteiger partial charge in [-0.3, -0.25) is 0 Å². The number of hydrogen-bond acceptors (Lipinski definition) is 4. The van der Waals surface area contributed by atoms with Crippen molar-refractivity contribution in [2.75, 3.05) is 0 Å². The molecule has 0 radical (unpaired) electrons. The molecular formula is C36H29BrI2O4. The third kappa shape index (κ3) is 7.32. The topological polar surface area (TPSA) is 58.9 Å². The number of halogens is 3. The summed E-state index contributed by atoms with van der Waals surface area (Å²) in [5.41, 5.74) is 8.35. The van der Waals surface area contributed by atoms with Crippen molar-refractivity contribution in [3.63, 3.8) is 0 Å². The average Bonchev–Trinajstić information content (AvgIpc) is 2.94. The molecule has 0 amide bonds. The van der Waals surface area contributed by atoms with E-state index in [1.165, 1.54) is 45.9 Å². The molecule has 0 heterocycles. The van der Waals surface area contributed by atoms with Gasteiger partial charge in [0, 0.05) is 36.9 Å². The molecule has 4 nitrogen and oxygen atoms in total. The summed E-state index contributed by atoms with van der Waals surface area (Å²) >= 11 is 7.89. The van der Waals surface area contributed by atoms with Gasteiger partial charge in [-0.1, -0.05) is 88.7 Å². The summed E-state index contributed by atoms with van der Waals surface area (Å²) in [5, 5.41) is 17.7. The fourth-order valence-corrected chi connectivity index (χ4v) is 7.44. The largest absolute Gasteiger partial charge is 0.508 e. The second-order valence-electron chi connectivity index (χ2n) is 10.7. The Balaban J connectivity index is 0.000000149. The lowest BCUT2D eigenvalue weighted by atomic mass is 9.85. The van der Waals surface area contributed by atoms with Gasteiger partial charge in [-0.2, -0.15) is 0 Å². The second kappa shape index (κ2) is 13.5. The molecule has 0 bridgehead atoms. The normalized spacial score (nSPS) is 18.3. The molecule has 0 aromatic heterocycles. The minimum atomic E-state index is 0.0967. The van der Waals surface area contributed by atoms with E-state index in [-0.39, 0.29) is 23.7 Å². The first-order valence-electron chi connectivity index (χ1n) is 14.0. The number of alkyl halides is 1. The Morgan fingerprint density at radius 2 is 0.953 bits per heavy atom. The van der Waals surface area contributed by atoms with Crippen LogP contribution < -0.4 is 9.47 Å². The van der Waals surface area contributed by atoms with Crippen LogP contribution in [0.15, 0.2) is 109 Å². The Morgan fingerprint density at radius 3 is 1.35 bits per heavy atom. The maximum atomic E-state index is 8.83. The predicted octanol–water partition coefficient (Wildman–Crippen LogP) is 10.0. The highest BCUT2D eigenvalue weighted by Crippen LogP contribution is 2.41. The average molecular weight is 859 g/mol. The summed E-state index contributed by atoms with van der Waals surface area (Å²) in [7, 11) is 0. The standard InChI is InChI=1S/C22H17IO2.C8H7Br.C6H5IO2/c23-16-11-17(24-21-9-14-5-1-3-7-19(14)21)13-18(12-16)25-22-10-15-6-2-4-8-20(15)22;9-8-5-6-3-1-2-4-7(6)8;7-4-1-5(8)3-6(9)2-4/h1-8,11-13,21-22H,9-10H2;1-4,8H,5H2;1-3,8-9H. The first kappa shape index (κ1) is 30.3. The Kier molecular flexibility index (Phi) is 9.49. The summed E-state index contributed by atoms with van der Waals surface area (Å²) in [5.74, 6) is 1.96. The van der Waals surface area contributed by atoms with Crippen molar-refractivity contribution in [1.82, 2.24) is 0 Å². The van der Waals surface area contributed by atoms with Crippen LogP contribution in [0.1, 0.15) is 50.4 Å². The molecule has 5 aromatic rings. The quantitative estimate of drug-likeness (QED) is 0.140. The molecule has 5 aromatic carbocycles. The van der Waals surface area contributed by atoms with Gasteiger partial charge in [0.2, 0.25) is 0 Å². The summed E-state index contributed by atoms with van der Waals surface area (Å²) in [6.45, 7) is 0. The van der Waals surface area contributed by atoms with Crippen LogP contribution in [0, 0.1) is 7.14 Å². The van der Waals surface area contributed by atoms with Crippen LogP contribution >= 0.6 is 61.1 Å². The molecule has 3 aliphatic carbocycles. The highest BCUT2D eigenvalue weighted by Gasteiger charge is 2.29. The van der Waals surface area contributed by atoms with Gasteiger partial charge in [0.1, 0.15) is 35.2 Å². The first-order chi connectivity index (χ1) is 20.8. The summed E-state index contributed by atoms with van der Waals surface area (Å²) < 4.78 is 14.4. The van der Waals surface area contributed by atoms with Gasteiger partial charge in [-0.15, -0.1) is 0 Å². The number of rotatable bonds is 4. The van der Waals surface area contributed by atoms with E-state index in [0.29, 0.717) is 4.83 Å². The Labute approximate surface area is 287 Å². The summed E-state index contributed by atoms with van der Waals surface area (Å²) in [6, 6.07) is 36.1. The Hall–Kier alpha value is -2.76. The van der Waals surface area contributed by atoms with Crippen molar-refractivity contribution in [3.05, 3.63) is 150 Å². The molecule has 0 aliphatic heterocycles. The van der Waals surface area contributed by atoms with E-state index in [4.69, 9.17) is 19.7 Å². The van der Waals surface area contributed by atoms with Crippen LogP contribution in [0.25, 0.3) is 0 Å². The third-order valence-electron chi connectivity index (χ3n) is 7.68. The van der Waals surface area contributed by atoms with Gasteiger partial charge in [0.25, 0.3) is 0 Å². The van der Waals surface area contributed by atoms with Crippen molar-refractivity contribution in [1.29, 1.82) is 0 Å². The number of benzene rings is 5. The van der Waals surface area contributed by atoms with E-state index in [0.717, 1.165) is 31.5 Å². The van der Waals surface area contributed by atoms with Gasteiger partial charge >= 0.3 is 0 Å². The highest BCUT2D eigenvalue weighted by atomic mass is 127. The Bertz CT molecular complexity index is 1630. The molecule has 43 heavy (non-hydrogen) atoms. The monoisotopic (exact) mass is 858 g/mol. The lowest BCUT2D eigenvalue weighted by Crippen LogP contribution is -2.23. The van der Waals surface area contributed by atoms with Crippen LogP contribution in [0.3, 0.4) is 0 Å². The summed E-state index contributed by atoms with van der Waals surface area (Å²) in [4.78, 5) is 0.633. The lowest BCUT2D eigenvalue weighted by Gasteiger charge is -2.32. The van der Waals surface area contributed by atoms with Gasteiger partial charge < -0.3 is 19.7 Å². The lowest BCUT2D eigenvalue weighted by molar-refractivity contribution is 0.170. The van der Waals surface area contributed by atoms with Crippen LogP contribution in [0.5, 0.6) is 23.0 Å². The molecular weight excluding hydrogens is 830 g/mol. The number of phenolic OH excluding ortho intramolecular Hbond substituents is 2. The smallest absolute Gasteiger partial charge is 0.128 e. The zero-order valence-electron chi connectivity index (χ0n) is 23.1. The molecule has 0 saturated carbocycles. The van der Waals surface area contributed by atoms with E-state index in [2.05, 4.69) is 123 Å². The minimum Gasteiger partial charge on any atom is -0.508 e. The molecule has 3 aliphatic rings. The van der Waals surface area contributed by atoms with Crippen LogP contribution in [-0.4, -0.2) is 10.2 Å². The zero-order chi connectivity index (χ0) is 29.9. The van der Waals surface area contributed by atoms with Gasteiger partial charge in [-0.05, 0) is 109 Å². The second-order valence-corrected chi connectivity index (χ2v) is 14.3. The van der Waals surface area contributed by atoms with E-state index < -0.39 is 0 Å². The van der Waals surface area contributed by atoms with Crippen molar-refractivity contribution < 1.29 is 19.7 Å². The molecule has 218 valence electrons. The molecule has 3 unspecified atom stereocenters. The molecule has 7 heteroatoms. The van der Waals surface area contributed by atoms with Crippen LogP contribution in [0.2, 0.25) is 0 Å². The van der Waals surface area contributed by atoms with Gasteiger partial charge in [0.05, 0.1) is 0 Å². The maximum Gasteiger partial charge on any atom is 0.128 e. The van der Waals surface area contributed by atoms with Crippen molar-refractivity contribution >= 4 is 61.1 Å². The van der Waals surface area contributed by atoms with Gasteiger partial charge in [-0.25, -0.2) is 0 Å². The molecule has 0 fully saturated rings. The number of aromatic hydroxyl groups is 2. The van der Waals surface area contributed by atoms with Crippen molar-refractivity contribution in [3.8, 4) is 23.0 Å². The molecule has 8 rings (SSSR count). The number of ether oxygens (including phenoxy) is 2. The molecule has 0 spiro atoms. The first-order valence-corrected chi connectivity index (χ1v) is 17.1. The molecule has 0 saturated heterocycles. The van der Waals surface area contributed by atoms with Crippen LogP contribution in [0.4, 0.5) is 0 Å². The van der Waals surface area contributed by atoms with E-state index in [1.807, 2.05) is 28.7 Å². The van der Waals surface area contributed by atoms with Crippen molar-refractivity contribution in [2.24, 2.45) is 0 Å². The molecule has 2 N–H and O–H groups in total. The third-order valence-corrected chi connectivity index (χ3v) is 9.74. The Morgan fingerprint density at radius 1 is 0.535 bits per heavy atom. The number of hydrogen-bond donors (Lipinski definition) is 2. The minimum absolute atomic E-state index is 0.0967. The predicted molar refractivity (Wildman–Crippen MR) is 190 cm³/mol. The van der Waals surface area contributed by atoms with Crippen LogP contribution in [-0.2, 0) is 19.3 Å². The number of fused-ring (bicyclic) bond motifs is 3. The summed E-state index contributed by atoms with van der Waals surface area (Å²) in [6.07, 6.45) is 3.48. The zero-order valence-corrected chi connectivity index (χ0v) is 29.0. The SMILES string of the molecule is BrC1Cc2ccccc21.Ic1cc(OC2Cc3ccccc32)cc(OC2Cc3ccccc32)c1.Oc1cc(O)cc(I)c1.